The first kappa shape index (κ1) is 15.1. The number of nitrogens with one attached hydrogen (secondary N) is 1. The van der Waals surface area contributed by atoms with E-state index in [1.54, 1.807) is 42.5 Å². The lowest BCUT2D eigenvalue weighted by Gasteiger charge is -2.20. The molecule has 0 aromatic heterocycles. The van der Waals surface area contributed by atoms with Gasteiger partial charge < -0.3 is 15.5 Å². The molecule has 0 bridgehead atoms. The van der Waals surface area contributed by atoms with Gasteiger partial charge in [0.1, 0.15) is 5.92 Å². The van der Waals surface area contributed by atoms with Crippen molar-refractivity contribution >= 4 is 11.7 Å². The van der Waals surface area contributed by atoms with E-state index in [4.69, 9.17) is 0 Å². The number of carboxylic acid groups (broad SMARTS) is 1. The minimum absolute atomic E-state index is 0.588. The molecular formula is C17H19NO3. The summed E-state index contributed by atoms with van der Waals surface area (Å²) >= 11 is 0. The van der Waals surface area contributed by atoms with Crippen molar-refractivity contribution in [1.82, 2.24) is 0 Å². The molecule has 0 aliphatic carbocycles. The van der Waals surface area contributed by atoms with Crippen LogP contribution in [0.4, 0.5) is 5.69 Å². The molecule has 2 aromatic carbocycles. The fourth-order valence-electron chi connectivity index (χ4n) is 2.35. The van der Waals surface area contributed by atoms with Gasteiger partial charge in [-0.2, -0.15) is 0 Å². The molecule has 0 saturated carbocycles. The van der Waals surface area contributed by atoms with Crippen molar-refractivity contribution in [2.75, 3.05) is 11.9 Å². The zero-order chi connectivity index (χ0) is 15.2. The second kappa shape index (κ2) is 6.90. The van der Waals surface area contributed by atoms with Crippen molar-refractivity contribution in [3.8, 4) is 0 Å². The molecule has 0 aliphatic heterocycles. The number of rotatable bonds is 6. The van der Waals surface area contributed by atoms with Crippen molar-refractivity contribution in [1.29, 1.82) is 0 Å². The first-order valence-corrected chi connectivity index (χ1v) is 6.93. The highest BCUT2D eigenvalue weighted by atomic mass is 16.4. The molecule has 0 amide bonds. The van der Waals surface area contributed by atoms with Crippen LogP contribution in [0.5, 0.6) is 0 Å². The van der Waals surface area contributed by atoms with Gasteiger partial charge in [-0.25, -0.2) is 0 Å². The summed E-state index contributed by atoms with van der Waals surface area (Å²) in [6.07, 6.45) is -1.09. The number of carbonyl (C=O) groups is 1. The van der Waals surface area contributed by atoms with Crippen LogP contribution in [0, 0.1) is 0 Å². The molecule has 0 aliphatic rings. The molecule has 0 spiro atoms. The zero-order valence-electron chi connectivity index (χ0n) is 11.9. The van der Waals surface area contributed by atoms with Gasteiger partial charge in [-0.3, -0.25) is 4.79 Å². The van der Waals surface area contributed by atoms with Crippen LogP contribution in [-0.4, -0.2) is 22.7 Å². The molecule has 2 unspecified atom stereocenters. The van der Waals surface area contributed by atoms with Crippen LogP contribution in [0.2, 0.25) is 0 Å². The Morgan fingerprint density at radius 2 is 1.76 bits per heavy atom. The number of hydrogen-bond acceptors (Lipinski definition) is 3. The summed E-state index contributed by atoms with van der Waals surface area (Å²) in [5.74, 6) is -2.02. The fraction of sp³-hybridized carbons (Fsp3) is 0.235. The smallest absolute Gasteiger partial charge is 0.314 e. The van der Waals surface area contributed by atoms with Gasteiger partial charge in [-0.05, 0) is 30.2 Å². The number of hydrogen-bond donors (Lipinski definition) is 3. The topological polar surface area (TPSA) is 69.6 Å². The third-order valence-electron chi connectivity index (χ3n) is 3.35. The Hall–Kier alpha value is -2.33. The standard InChI is InChI=1S/C17H19NO3/c1-2-18-14-10-6-9-13(11-14)16(19)15(17(20)21)12-7-4-3-5-8-12/h3-11,15-16,18-19H,2H2,1H3,(H,20,21). The summed E-state index contributed by atoms with van der Waals surface area (Å²) in [6, 6.07) is 16.0. The van der Waals surface area contributed by atoms with E-state index in [9.17, 15) is 15.0 Å². The maximum Gasteiger partial charge on any atom is 0.314 e. The number of aliphatic hydroxyl groups excluding tert-OH is 1. The molecule has 0 saturated heterocycles. The van der Waals surface area contributed by atoms with E-state index in [0.717, 1.165) is 12.2 Å². The van der Waals surface area contributed by atoms with Crippen LogP contribution in [0.3, 0.4) is 0 Å². The second-order valence-electron chi connectivity index (χ2n) is 4.83. The number of anilines is 1. The summed E-state index contributed by atoms with van der Waals surface area (Å²) in [5, 5.41) is 23.1. The van der Waals surface area contributed by atoms with E-state index in [2.05, 4.69) is 5.32 Å². The van der Waals surface area contributed by atoms with Crippen molar-refractivity contribution < 1.29 is 15.0 Å². The van der Waals surface area contributed by atoms with Crippen LogP contribution < -0.4 is 5.32 Å². The third-order valence-corrected chi connectivity index (χ3v) is 3.35. The highest BCUT2D eigenvalue weighted by molar-refractivity contribution is 5.77. The van der Waals surface area contributed by atoms with E-state index in [0.29, 0.717) is 11.1 Å². The van der Waals surface area contributed by atoms with E-state index < -0.39 is 18.0 Å². The average molecular weight is 285 g/mol. The predicted molar refractivity (Wildman–Crippen MR) is 82.4 cm³/mol. The molecule has 110 valence electrons. The first-order valence-electron chi connectivity index (χ1n) is 6.93. The number of benzene rings is 2. The van der Waals surface area contributed by atoms with Gasteiger partial charge in [0.25, 0.3) is 0 Å². The van der Waals surface area contributed by atoms with Crippen molar-refractivity contribution in [3.05, 3.63) is 65.7 Å². The Morgan fingerprint density at radius 1 is 1.10 bits per heavy atom. The Labute approximate surface area is 124 Å². The minimum atomic E-state index is -1.09. The molecule has 4 nitrogen and oxygen atoms in total. The molecule has 21 heavy (non-hydrogen) atoms. The SMILES string of the molecule is CCNc1cccc(C(O)C(C(=O)O)c2ccccc2)c1. The van der Waals surface area contributed by atoms with Gasteiger partial charge in [0.15, 0.2) is 0 Å². The lowest BCUT2D eigenvalue weighted by molar-refractivity contribution is -0.141. The summed E-state index contributed by atoms with van der Waals surface area (Å²) in [7, 11) is 0. The second-order valence-corrected chi connectivity index (χ2v) is 4.83. The molecule has 2 aromatic rings. The molecule has 0 fully saturated rings. The highest BCUT2D eigenvalue weighted by Gasteiger charge is 2.29. The summed E-state index contributed by atoms with van der Waals surface area (Å²) in [4.78, 5) is 11.5. The van der Waals surface area contributed by atoms with Crippen molar-refractivity contribution in [2.45, 2.75) is 18.9 Å². The van der Waals surface area contributed by atoms with Crippen LogP contribution in [-0.2, 0) is 4.79 Å². The Bertz CT molecular complexity index is 598. The Kier molecular flexibility index (Phi) is 4.95. The lowest BCUT2D eigenvalue weighted by atomic mass is 9.89. The largest absolute Gasteiger partial charge is 0.481 e. The Morgan fingerprint density at radius 3 is 2.38 bits per heavy atom. The first-order chi connectivity index (χ1) is 10.1. The molecule has 0 heterocycles. The average Bonchev–Trinajstić information content (AvgIpc) is 2.49. The normalized spacial score (nSPS) is 13.4. The van der Waals surface area contributed by atoms with Crippen LogP contribution in [0.1, 0.15) is 30.1 Å². The number of carboxylic acids is 1. The quantitative estimate of drug-likeness (QED) is 0.763. The van der Waals surface area contributed by atoms with Crippen molar-refractivity contribution in [2.24, 2.45) is 0 Å². The van der Waals surface area contributed by atoms with E-state index in [1.807, 2.05) is 19.1 Å². The van der Waals surface area contributed by atoms with Crippen LogP contribution in [0.25, 0.3) is 0 Å². The van der Waals surface area contributed by atoms with Crippen LogP contribution >= 0.6 is 0 Å². The number of aliphatic hydroxyl groups is 1. The van der Waals surface area contributed by atoms with E-state index in [1.165, 1.54) is 0 Å². The monoisotopic (exact) mass is 285 g/mol. The van der Waals surface area contributed by atoms with Gasteiger partial charge in [-0.15, -0.1) is 0 Å². The lowest BCUT2D eigenvalue weighted by Crippen LogP contribution is -2.20. The maximum absolute atomic E-state index is 11.5. The molecule has 2 rings (SSSR count). The van der Waals surface area contributed by atoms with Gasteiger partial charge in [-0.1, -0.05) is 42.5 Å². The highest BCUT2D eigenvalue weighted by Crippen LogP contribution is 2.32. The maximum atomic E-state index is 11.5. The fourth-order valence-corrected chi connectivity index (χ4v) is 2.35. The Balaban J connectivity index is 2.33. The van der Waals surface area contributed by atoms with E-state index in [-0.39, 0.29) is 0 Å². The van der Waals surface area contributed by atoms with E-state index >= 15 is 0 Å². The summed E-state index contributed by atoms with van der Waals surface area (Å²) < 4.78 is 0. The molecule has 0 radical (unpaired) electrons. The van der Waals surface area contributed by atoms with Gasteiger partial charge in [0.2, 0.25) is 0 Å². The third kappa shape index (κ3) is 3.61. The predicted octanol–water partition coefficient (Wildman–Crippen LogP) is 3.02. The summed E-state index contributed by atoms with van der Waals surface area (Å²) in [6.45, 7) is 2.74. The van der Waals surface area contributed by atoms with Gasteiger partial charge >= 0.3 is 5.97 Å². The minimum Gasteiger partial charge on any atom is -0.481 e. The molecular weight excluding hydrogens is 266 g/mol. The van der Waals surface area contributed by atoms with Crippen LogP contribution in [0.15, 0.2) is 54.6 Å². The van der Waals surface area contributed by atoms with Gasteiger partial charge in [0.05, 0.1) is 6.10 Å². The molecule has 3 N–H and O–H groups in total. The zero-order valence-corrected chi connectivity index (χ0v) is 11.9. The molecule has 4 heteroatoms. The molecule has 2 atom stereocenters. The van der Waals surface area contributed by atoms with Crippen molar-refractivity contribution in [3.63, 3.8) is 0 Å². The van der Waals surface area contributed by atoms with Gasteiger partial charge in [0, 0.05) is 12.2 Å². The summed E-state index contributed by atoms with van der Waals surface area (Å²) in [5.41, 5.74) is 2.04. The number of aliphatic carboxylic acids is 1.